The molecule has 0 N–H and O–H groups in total. The van der Waals surface area contributed by atoms with Crippen LogP contribution in [0.4, 0.5) is 0 Å². The highest BCUT2D eigenvalue weighted by Crippen LogP contribution is 2.22. The monoisotopic (exact) mass is 380 g/mol. The second-order valence-corrected chi connectivity index (χ2v) is 9.13. The van der Waals surface area contributed by atoms with Crippen molar-refractivity contribution in [2.45, 2.75) is 25.7 Å². The van der Waals surface area contributed by atoms with Crippen LogP contribution in [0, 0.1) is 5.92 Å². The molecule has 144 valence electrons. The predicted molar refractivity (Wildman–Crippen MR) is 100 cm³/mol. The largest absolute Gasteiger partial charge is 0.378 e. The number of carbonyl (C=O) groups excluding carboxylic acids is 1. The molecular weight excluding hydrogens is 352 g/mol. The first-order valence-corrected chi connectivity index (χ1v) is 11.1. The van der Waals surface area contributed by atoms with E-state index < -0.39 is 10.0 Å². The Balaban J connectivity index is 1.52. The summed E-state index contributed by atoms with van der Waals surface area (Å²) in [4.78, 5) is 14.5. The van der Waals surface area contributed by atoms with Crippen molar-refractivity contribution in [2.75, 3.05) is 45.1 Å². The number of rotatable bonds is 6. The van der Waals surface area contributed by atoms with E-state index in [2.05, 4.69) is 0 Å². The average Bonchev–Trinajstić information content (AvgIpc) is 2.69. The number of morpholine rings is 1. The quantitative estimate of drug-likeness (QED) is 0.750. The Morgan fingerprint density at radius 2 is 1.85 bits per heavy atom. The number of nitrogens with zero attached hydrogens (tertiary/aromatic N) is 2. The topological polar surface area (TPSA) is 66.9 Å². The fourth-order valence-corrected chi connectivity index (χ4v) is 5.25. The molecule has 26 heavy (non-hydrogen) atoms. The first-order chi connectivity index (χ1) is 12.6. The van der Waals surface area contributed by atoms with E-state index in [9.17, 15) is 13.2 Å². The van der Waals surface area contributed by atoms with Crippen molar-refractivity contribution >= 4 is 15.9 Å². The van der Waals surface area contributed by atoms with Gasteiger partial charge in [0.15, 0.2) is 0 Å². The van der Waals surface area contributed by atoms with Gasteiger partial charge in [-0.2, -0.15) is 0 Å². The van der Waals surface area contributed by atoms with Crippen LogP contribution < -0.4 is 0 Å². The Hall–Kier alpha value is -1.44. The van der Waals surface area contributed by atoms with Crippen molar-refractivity contribution in [2.24, 2.45) is 5.92 Å². The lowest BCUT2D eigenvalue weighted by molar-refractivity contribution is -0.140. The summed E-state index contributed by atoms with van der Waals surface area (Å²) >= 11 is 0. The smallest absolute Gasteiger partial charge is 0.227 e. The fourth-order valence-electron chi connectivity index (χ4n) is 3.67. The summed E-state index contributed by atoms with van der Waals surface area (Å²) in [6.07, 6.45) is 2.87. The van der Waals surface area contributed by atoms with Crippen molar-refractivity contribution in [3.63, 3.8) is 0 Å². The molecule has 1 amide bonds. The molecule has 0 aromatic heterocycles. The molecule has 1 aromatic carbocycles. The zero-order chi connectivity index (χ0) is 18.4. The molecule has 0 unspecified atom stereocenters. The van der Waals surface area contributed by atoms with E-state index in [4.69, 9.17) is 4.74 Å². The highest BCUT2D eigenvalue weighted by atomic mass is 32.2. The van der Waals surface area contributed by atoms with E-state index in [1.165, 1.54) is 4.31 Å². The lowest BCUT2D eigenvalue weighted by Gasteiger charge is -2.35. The van der Waals surface area contributed by atoms with Crippen molar-refractivity contribution < 1.29 is 17.9 Å². The van der Waals surface area contributed by atoms with Crippen molar-refractivity contribution in [3.05, 3.63) is 35.9 Å². The summed E-state index contributed by atoms with van der Waals surface area (Å²) in [5.74, 6) is 0.00335. The number of benzene rings is 1. The Bertz CT molecular complexity index is 687. The van der Waals surface area contributed by atoms with Crippen LogP contribution >= 0.6 is 0 Å². The molecule has 2 aliphatic rings. The van der Waals surface area contributed by atoms with E-state index in [1.807, 2.05) is 35.2 Å². The number of hydrogen-bond acceptors (Lipinski definition) is 4. The second kappa shape index (κ2) is 8.97. The molecule has 2 heterocycles. The third kappa shape index (κ3) is 5.05. The van der Waals surface area contributed by atoms with Gasteiger partial charge in [-0.25, -0.2) is 12.7 Å². The van der Waals surface area contributed by atoms with Crippen LogP contribution in [-0.4, -0.2) is 68.7 Å². The van der Waals surface area contributed by atoms with Gasteiger partial charge in [-0.3, -0.25) is 4.79 Å². The van der Waals surface area contributed by atoms with Crippen LogP contribution in [0.2, 0.25) is 0 Å². The molecule has 1 atom stereocenters. The van der Waals surface area contributed by atoms with Crippen molar-refractivity contribution in [1.82, 2.24) is 9.21 Å². The average molecular weight is 381 g/mol. The number of aryl methyl sites for hydroxylation is 1. The van der Waals surface area contributed by atoms with Gasteiger partial charge >= 0.3 is 0 Å². The summed E-state index contributed by atoms with van der Waals surface area (Å²) in [7, 11) is -3.31. The predicted octanol–water partition coefficient (Wildman–Crippen LogP) is 1.52. The number of amides is 1. The van der Waals surface area contributed by atoms with Crippen LogP contribution in [0.1, 0.15) is 24.8 Å². The Labute approximate surface area is 156 Å². The third-order valence-corrected chi connectivity index (χ3v) is 7.08. The van der Waals surface area contributed by atoms with Gasteiger partial charge < -0.3 is 9.64 Å². The van der Waals surface area contributed by atoms with E-state index in [0.717, 1.165) is 24.8 Å². The molecule has 2 saturated heterocycles. The van der Waals surface area contributed by atoms with E-state index in [0.29, 0.717) is 45.8 Å². The SMILES string of the molecule is O=C([C@H]1CCCN(S(=O)(=O)CCCc2ccccc2)C1)N1CCOCC1. The first-order valence-electron chi connectivity index (χ1n) is 9.44. The highest BCUT2D eigenvalue weighted by Gasteiger charge is 2.34. The Kier molecular flexibility index (Phi) is 6.67. The van der Waals surface area contributed by atoms with Crippen LogP contribution in [0.5, 0.6) is 0 Å². The van der Waals surface area contributed by atoms with E-state index >= 15 is 0 Å². The van der Waals surface area contributed by atoms with E-state index in [-0.39, 0.29) is 17.6 Å². The van der Waals surface area contributed by atoms with Gasteiger partial charge in [-0.05, 0) is 31.2 Å². The molecule has 0 bridgehead atoms. The molecule has 2 fully saturated rings. The van der Waals surface area contributed by atoms with Crippen LogP contribution in [0.3, 0.4) is 0 Å². The Morgan fingerprint density at radius 3 is 2.58 bits per heavy atom. The molecule has 0 aliphatic carbocycles. The van der Waals surface area contributed by atoms with Crippen LogP contribution in [-0.2, 0) is 26.0 Å². The van der Waals surface area contributed by atoms with E-state index in [1.54, 1.807) is 0 Å². The van der Waals surface area contributed by atoms with Gasteiger partial charge in [0.1, 0.15) is 0 Å². The van der Waals surface area contributed by atoms with Crippen molar-refractivity contribution in [3.8, 4) is 0 Å². The number of carbonyl (C=O) groups is 1. The maximum atomic E-state index is 12.7. The second-order valence-electron chi connectivity index (χ2n) is 7.04. The lowest BCUT2D eigenvalue weighted by Crippen LogP contribution is -2.49. The van der Waals surface area contributed by atoms with Gasteiger partial charge in [0.05, 0.1) is 24.9 Å². The number of ether oxygens (including phenoxy) is 1. The van der Waals surface area contributed by atoms with Crippen molar-refractivity contribution in [1.29, 1.82) is 0 Å². The molecule has 1 aromatic rings. The standard InChI is InChI=1S/C19H28N2O4S/c22-19(20-11-13-25-14-12-20)18-9-4-10-21(16-18)26(23,24)15-5-8-17-6-2-1-3-7-17/h1-3,6-7,18H,4-5,8-16H2/t18-/m0/s1. The minimum atomic E-state index is -3.31. The summed E-state index contributed by atoms with van der Waals surface area (Å²) in [5, 5.41) is 0. The minimum absolute atomic E-state index is 0.0810. The molecule has 7 heteroatoms. The third-order valence-electron chi connectivity index (χ3n) is 5.16. The molecule has 0 radical (unpaired) electrons. The number of piperidine rings is 1. The fraction of sp³-hybridized carbons (Fsp3) is 0.632. The zero-order valence-corrected chi connectivity index (χ0v) is 16.0. The summed E-state index contributed by atoms with van der Waals surface area (Å²) < 4.78 is 32.2. The minimum Gasteiger partial charge on any atom is -0.378 e. The Morgan fingerprint density at radius 1 is 1.12 bits per heavy atom. The van der Waals surface area contributed by atoms with Gasteiger partial charge in [-0.1, -0.05) is 30.3 Å². The molecular formula is C19H28N2O4S. The van der Waals surface area contributed by atoms with Gasteiger partial charge in [0.2, 0.25) is 15.9 Å². The maximum Gasteiger partial charge on any atom is 0.227 e. The number of sulfonamides is 1. The molecule has 3 rings (SSSR count). The molecule has 2 aliphatic heterocycles. The zero-order valence-electron chi connectivity index (χ0n) is 15.2. The van der Waals surface area contributed by atoms with Gasteiger partial charge in [0, 0.05) is 26.2 Å². The van der Waals surface area contributed by atoms with Gasteiger partial charge in [-0.15, -0.1) is 0 Å². The summed E-state index contributed by atoms with van der Waals surface area (Å²) in [5.41, 5.74) is 1.15. The first kappa shape index (κ1) is 19.3. The molecule has 0 saturated carbocycles. The van der Waals surface area contributed by atoms with Crippen LogP contribution in [0.25, 0.3) is 0 Å². The lowest BCUT2D eigenvalue weighted by atomic mass is 9.98. The maximum absolute atomic E-state index is 12.7. The van der Waals surface area contributed by atoms with Gasteiger partial charge in [0.25, 0.3) is 0 Å². The number of hydrogen-bond donors (Lipinski definition) is 0. The molecule has 0 spiro atoms. The normalized spacial score (nSPS) is 22.3. The molecule has 6 nitrogen and oxygen atoms in total. The highest BCUT2D eigenvalue weighted by molar-refractivity contribution is 7.89. The summed E-state index contributed by atoms with van der Waals surface area (Å²) in [6.45, 7) is 3.21. The van der Waals surface area contributed by atoms with Crippen LogP contribution in [0.15, 0.2) is 30.3 Å². The summed E-state index contributed by atoms with van der Waals surface area (Å²) in [6, 6.07) is 9.93.